The molecule has 1 amide bonds. The van der Waals surface area contributed by atoms with Gasteiger partial charge in [-0.05, 0) is 23.8 Å². The number of hydrogen-bond acceptors (Lipinski definition) is 4. The summed E-state index contributed by atoms with van der Waals surface area (Å²) in [4.78, 5) is 37.3. The third-order valence-electron chi connectivity index (χ3n) is 4.57. The lowest BCUT2D eigenvalue weighted by Crippen LogP contribution is -2.43. The molecule has 3 rings (SSSR count). The summed E-state index contributed by atoms with van der Waals surface area (Å²) in [5, 5.41) is 2.72. The monoisotopic (exact) mass is 465 g/mol. The Kier molecular flexibility index (Phi) is 7.14. The molecule has 0 aromatic heterocycles. The van der Waals surface area contributed by atoms with Crippen LogP contribution in [0.1, 0.15) is 31.8 Å². The Labute approximate surface area is 183 Å². The first-order valence-corrected chi connectivity index (χ1v) is 10.1. The Morgan fingerprint density at radius 3 is 2.13 bits per heavy atom. The van der Waals surface area contributed by atoms with Crippen LogP contribution < -0.4 is 5.32 Å². The Morgan fingerprint density at radius 1 is 0.867 bits per heavy atom. The Balaban J connectivity index is 1.73. The molecule has 0 spiro atoms. The summed E-state index contributed by atoms with van der Waals surface area (Å²) in [7, 11) is 1.28. The highest BCUT2D eigenvalue weighted by Gasteiger charge is 2.23. The van der Waals surface area contributed by atoms with Gasteiger partial charge >= 0.3 is 5.97 Å². The first-order chi connectivity index (χ1) is 14.5. The van der Waals surface area contributed by atoms with Gasteiger partial charge in [0.2, 0.25) is 0 Å². The largest absolute Gasteiger partial charge is 0.467 e. The Hall–Kier alpha value is -3.25. The lowest BCUT2D eigenvalue weighted by atomic mass is 9.99. The van der Waals surface area contributed by atoms with Crippen LogP contribution in [0.25, 0.3) is 0 Å². The molecule has 0 aliphatic rings. The van der Waals surface area contributed by atoms with Crippen LogP contribution in [0, 0.1) is 0 Å². The predicted octanol–water partition coefficient (Wildman–Crippen LogP) is 4.19. The molecule has 0 bridgehead atoms. The number of hydrogen-bond donors (Lipinski definition) is 1. The number of ketones is 1. The van der Waals surface area contributed by atoms with E-state index >= 15 is 0 Å². The number of esters is 1. The van der Waals surface area contributed by atoms with Gasteiger partial charge in [-0.25, -0.2) is 4.79 Å². The average molecular weight is 466 g/mol. The third-order valence-corrected chi connectivity index (χ3v) is 5.06. The van der Waals surface area contributed by atoms with E-state index in [9.17, 15) is 14.4 Å². The van der Waals surface area contributed by atoms with Gasteiger partial charge in [-0.3, -0.25) is 9.59 Å². The topological polar surface area (TPSA) is 72.5 Å². The SMILES string of the molecule is COC(=O)[C@H](Cc1ccc(C(=O)c2ccccc2)cc1)NC(=O)c1cccc(Br)c1. The number of carbonyl (C=O) groups is 3. The lowest BCUT2D eigenvalue weighted by molar-refractivity contribution is -0.142. The molecule has 0 radical (unpaired) electrons. The molecular weight excluding hydrogens is 446 g/mol. The molecule has 0 saturated carbocycles. The molecule has 0 aliphatic heterocycles. The van der Waals surface area contributed by atoms with Crippen molar-refractivity contribution >= 4 is 33.6 Å². The second-order valence-corrected chi connectivity index (χ2v) is 7.57. The van der Waals surface area contributed by atoms with Crippen LogP contribution in [0.3, 0.4) is 0 Å². The molecule has 152 valence electrons. The number of halogens is 1. The zero-order valence-corrected chi connectivity index (χ0v) is 17.9. The molecule has 1 N–H and O–H groups in total. The summed E-state index contributed by atoms with van der Waals surface area (Å²) in [6, 6.07) is 22.0. The molecule has 0 saturated heterocycles. The van der Waals surface area contributed by atoms with Crippen molar-refractivity contribution < 1.29 is 19.1 Å². The summed E-state index contributed by atoms with van der Waals surface area (Å²) in [5.41, 5.74) is 2.39. The second kappa shape index (κ2) is 9.98. The van der Waals surface area contributed by atoms with E-state index in [0.29, 0.717) is 16.7 Å². The maximum absolute atomic E-state index is 12.5. The van der Waals surface area contributed by atoms with Gasteiger partial charge in [-0.1, -0.05) is 76.6 Å². The number of rotatable bonds is 7. The molecular formula is C24H20BrNO4. The van der Waals surface area contributed by atoms with Gasteiger partial charge in [0.15, 0.2) is 5.78 Å². The van der Waals surface area contributed by atoms with Gasteiger partial charge in [-0.2, -0.15) is 0 Å². The Morgan fingerprint density at radius 2 is 1.50 bits per heavy atom. The van der Waals surface area contributed by atoms with E-state index in [1.165, 1.54) is 7.11 Å². The van der Waals surface area contributed by atoms with Crippen molar-refractivity contribution in [1.29, 1.82) is 0 Å². The van der Waals surface area contributed by atoms with Gasteiger partial charge in [-0.15, -0.1) is 0 Å². The summed E-state index contributed by atoms with van der Waals surface area (Å²) < 4.78 is 5.61. The van der Waals surface area contributed by atoms with E-state index in [1.807, 2.05) is 24.3 Å². The van der Waals surface area contributed by atoms with E-state index in [-0.39, 0.29) is 18.1 Å². The van der Waals surface area contributed by atoms with Crippen LogP contribution >= 0.6 is 15.9 Å². The highest BCUT2D eigenvalue weighted by Crippen LogP contribution is 2.14. The van der Waals surface area contributed by atoms with Crippen molar-refractivity contribution in [1.82, 2.24) is 5.32 Å². The fraction of sp³-hybridized carbons (Fsp3) is 0.125. The molecule has 6 heteroatoms. The summed E-state index contributed by atoms with van der Waals surface area (Å²) in [6.45, 7) is 0. The quantitative estimate of drug-likeness (QED) is 0.419. The molecule has 0 heterocycles. The molecule has 0 unspecified atom stereocenters. The molecule has 0 fully saturated rings. The maximum atomic E-state index is 12.5. The van der Waals surface area contributed by atoms with Crippen LogP contribution in [0.15, 0.2) is 83.3 Å². The standard InChI is InChI=1S/C24H20BrNO4/c1-30-24(29)21(26-23(28)19-8-5-9-20(25)15-19)14-16-10-12-18(13-11-16)22(27)17-6-3-2-4-7-17/h2-13,15,21H,14H2,1H3,(H,26,28)/t21-/m0/s1. The van der Waals surface area contributed by atoms with Crippen LogP contribution in [0.4, 0.5) is 0 Å². The summed E-state index contributed by atoms with van der Waals surface area (Å²) in [6.07, 6.45) is 0.242. The third kappa shape index (κ3) is 5.42. The fourth-order valence-corrected chi connectivity index (χ4v) is 3.39. The van der Waals surface area contributed by atoms with Crippen LogP contribution in [0.2, 0.25) is 0 Å². The predicted molar refractivity (Wildman–Crippen MR) is 117 cm³/mol. The van der Waals surface area contributed by atoms with Gasteiger partial charge in [0.25, 0.3) is 5.91 Å². The number of benzene rings is 3. The van der Waals surface area contributed by atoms with Crippen LogP contribution in [-0.2, 0) is 16.0 Å². The highest BCUT2D eigenvalue weighted by atomic mass is 79.9. The van der Waals surface area contributed by atoms with E-state index in [4.69, 9.17) is 4.74 Å². The minimum Gasteiger partial charge on any atom is -0.467 e. The normalized spacial score (nSPS) is 11.4. The first-order valence-electron chi connectivity index (χ1n) is 9.31. The zero-order chi connectivity index (χ0) is 21.5. The van der Waals surface area contributed by atoms with Crippen LogP contribution in [0.5, 0.6) is 0 Å². The summed E-state index contributed by atoms with van der Waals surface area (Å²) in [5.74, 6) is -0.986. The molecule has 3 aromatic carbocycles. The average Bonchev–Trinajstić information content (AvgIpc) is 2.78. The van der Waals surface area contributed by atoms with Crippen molar-refractivity contribution in [3.05, 3.63) is 106 Å². The number of carbonyl (C=O) groups excluding carboxylic acids is 3. The maximum Gasteiger partial charge on any atom is 0.328 e. The minimum atomic E-state index is -0.850. The fourth-order valence-electron chi connectivity index (χ4n) is 2.99. The van der Waals surface area contributed by atoms with E-state index in [1.54, 1.807) is 54.6 Å². The zero-order valence-electron chi connectivity index (χ0n) is 16.3. The van der Waals surface area contributed by atoms with E-state index in [0.717, 1.165) is 10.0 Å². The second-order valence-electron chi connectivity index (χ2n) is 6.66. The van der Waals surface area contributed by atoms with Crippen molar-refractivity contribution in [2.75, 3.05) is 7.11 Å². The molecule has 5 nitrogen and oxygen atoms in total. The number of amides is 1. The number of methoxy groups -OCH3 is 1. The summed E-state index contributed by atoms with van der Waals surface area (Å²) >= 11 is 3.33. The highest BCUT2D eigenvalue weighted by molar-refractivity contribution is 9.10. The van der Waals surface area contributed by atoms with E-state index in [2.05, 4.69) is 21.2 Å². The lowest BCUT2D eigenvalue weighted by Gasteiger charge is -2.17. The van der Waals surface area contributed by atoms with Crippen molar-refractivity contribution in [2.24, 2.45) is 0 Å². The van der Waals surface area contributed by atoms with Gasteiger partial charge in [0.05, 0.1) is 7.11 Å². The number of ether oxygens (including phenoxy) is 1. The van der Waals surface area contributed by atoms with Gasteiger partial charge < -0.3 is 10.1 Å². The molecule has 0 aliphatic carbocycles. The van der Waals surface area contributed by atoms with Gasteiger partial charge in [0, 0.05) is 27.6 Å². The number of nitrogens with one attached hydrogen (secondary N) is 1. The van der Waals surface area contributed by atoms with Gasteiger partial charge in [0.1, 0.15) is 6.04 Å². The minimum absolute atomic E-state index is 0.0744. The molecule has 30 heavy (non-hydrogen) atoms. The smallest absolute Gasteiger partial charge is 0.328 e. The van der Waals surface area contributed by atoms with E-state index < -0.39 is 12.0 Å². The molecule has 1 atom stereocenters. The Bertz CT molecular complexity index is 1050. The van der Waals surface area contributed by atoms with Crippen molar-refractivity contribution in [3.63, 3.8) is 0 Å². The molecule has 3 aromatic rings. The van der Waals surface area contributed by atoms with Crippen molar-refractivity contribution in [2.45, 2.75) is 12.5 Å². The van der Waals surface area contributed by atoms with Crippen LogP contribution in [-0.4, -0.2) is 30.8 Å². The first kappa shape index (κ1) is 21.5. The van der Waals surface area contributed by atoms with Crippen molar-refractivity contribution in [3.8, 4) is 0 Å².